The smallest absolute Gasteiger partial charge is 0.258 e. The van der Waals surface area contributed by atoms with Crippen molar-refractivity contribution in [3.63, 3.8) is 0 Å². The first-order valence-corrected chi connectivity index (χ1v) is 8.21. The normalized spacial score (nSPS) is 13.8. The summed E-state index contributed by atoms with van der Waals surface area (Å²) < 4.78 is 1.90. The molecule has 0 radical (unpaired) electrons. The second-order valence-electron chi connectivity index (χ2n) is 5.96. The summed E-state index contributed by atoms with van der Waals surface area (Å²) in [4.78, 5) is 19.0. The van der Waals surface area contributed by atoms with Crippen LogP contribution in [0.25, 0.3) is 11.0 Å². The zero-order valence-corrected chi connectivity index (χ0v) is 13.6. The van der Waals surface area contributed by atoms with Crippen LogP contribution in [0.5, 0.6) is 0 Å². The van der Waals surface area contributed by atoms with Gasteiger partial charge in [-0.3, -0.25) is 4.79 Å². The lowest BCUT2D eigenvalue weighted by atomic mass is 10.1. The number of amides is 1. The van der Waals surface area contributed by atoms with E-state index in [0.717, 1.165) is 49.0 Å². The summed E-state index contributed by atoms with van der Waals surface area (Å²) in [7, 11) is 0. The molecule has 0 spiro atoms. The van der Waals surface area contributed by atoms with Crippen molar-refractivity contribution in [1.82, 2.24) is 19.7 Å². The first kappa shape index (κ1) is 15.5. The molecule has 23 heavy (non-hydrogen) atoms. The van der Waals surface area contributed by atoms with Gasteiger partial charge < -0.3 is 10.6 Å². The van der Waals surface area contributed by atoms with Gasteiger partial charge in [-0.25, -0.2) is 9.67 Å². The van der Waals surface area contributed by atoms with Gasteiger partial charge >= 0.3 is 0 Å². The second kappa shape index (κ2) is 6.40. The van der Waals surface area contributed by atoms with Gasteiger partial charge in [-0.15, -0.1) is 6.58 Å². The molecule has 122 valence electrons. The average Bonchev–Trinajstić information content (AvgIpc) is 3.08. The SMILES string of the molecule is C=CCCN1Cc2nc3c(cnn3CCCCC)c(N)c2C1=O. The number of carbonyl (C=O) groups excluding carboxylic acids is 1. The molecule has 0 unspecified atom stereocenters. The molecule has 0 aliphatic carbocycles. The lowest BCUT2D eigenvalue weighted by molar-refractivity contribution is 0.0781. The topological polar surface area (TPSA) is 77.0 Å². The number of carbonyl (C=O) groups is 1. The quantitative estimate of drug-likeness (QED) is 0.630. The third kappa shape index (κ3) is 2.69. The van der Waals surface area contributed by atoms with E-state index in [-0.39, 0.29) is 5.91 Å². The lowest BCUT2D eigenvalue weighted by Crippen LogP contribution is -2.24. The van der Waals surface area contributed by atoms with Crippen molar-refractivity contribution < 1.29 is 4.79 Å². The van der Waals surface area contributed by atoms with Gasteiger partial charge in [-0.1, -0.05) is 25.8 Å². The number of rotatable bonds is 7. The second-order valence-corrected chi connectivity index (χ2v) is 5.96. The van der Waals surface area contributed by atoms with Crippen molar-refractivity contribution in [1.29, 1.82) is 0 Å². The Morgan fingerprint density at radius 1 is 1.39 bits per heavy atom. The molecule has 2 aromatic heterocycles. The summed E-state index contributed by atoms with van der Waals surface area (Å²) in [5.74, 6) is -0.0347. The first-order chi connectivity index (χ1) is 11.2. The maximum atomic E-state index is 12.5. The van der Waals surface area contributed by atoms with Gasteiger partial charge in [-0.05, 0) is 12.8 Å². The van der Waals surface area contributed by atoms with E-state index in [1.54, 1.807) is 11.1 Å². The zero-order valence-electron chi connectivity index (χ0n) is 13.6. The Kier molecular flexibility index (Phi) is 4.32. The van der Waals surface area contributed by atoms with Crippen molar-refractivity contribution in [2.24, 2.45) is 0 Å². The number of pyridine rings is 1. The Balaban J connectivity index is 1.94. The summed E-state index contributed by atoms with van der Waals surface area (Å²) in [6.45, 7) is 7.88. The van der Waals surface area contributed by atoms with Crippen LogP contribution in [0.1, 0.15) is 48.7 Å². The molecule has 2 aromatic rings. The third-order valence-electron chi connectivity index (χ3n) is 4.32. The fourth-order valence-electron chi connectivity index (χ4n) is 3.03. The minimum absolute atomic E-state index is 0.0347. The van der Waals surface area contributed by atoms with Crippen LogP contribution in [0.15, 0.2) is 18.9 Å². The number of fused-ring (bicyclic) bond motifs is 2. The van der Waals surface area contributed by atoms with E-state index in [2.05, 4.69) is 18.6 Å². The third-order valence-corrected chi connectivity index (χ3v) is 4.32. The predicted molar refractivity (Wildman–Crippen MR) is 91.0 cm³/mol. The van der Waals surface area contributed by atoms with Gasteiger partial charge in [0, 0.05) is 13.1 Å². The van der Waals surface area contributed by atoms with E-state index in [9.17, 15) is 4.79 Å². The van der Waals surface area contributed by atoms with Crippen molar-refractivity contribution in [2.45, 2.75) is 45.7 Å². The zero-order chi connectivity index (χ0) is 16.4. The van der Waals surface area contributed by atoms with Gasteiger partial charge in [-0.2, -0.15) is 5.10 Å². The average molecular weight is 313 g/mol. The van der Waals surface area contributed by atoms with Crippen molar-refractivity contribution in [3.05, 3.63) is 30.1 Å². The van der Waals surface area contributed by atoms with Crippen LogP contribution in [0.4, 0.5) is 5.69 Å². The fraction of sp³-hybridized carbons (Fsp3) is 0.471. The minimum Gasteiger partial charge on any atom is -0.397 e. The maximum absolute atomic E-state index is 12.5. The van der Waals surface area contributed by atoms with Crippen LogP contribution in [0.2, 0.25) is 0 Å². The van der Waals surface area contributed by atoms with Gasteiger partial charge in [0.05, 0.1) is 35.1 Å². The largest absolute Gasteiger partial charge is 0.397 e. The summed E-state index contributed by atoms with van der Waals surface area (Å²) in [5.41, 5.74) is 8.87. The Morgan fingerprint density at radius 2 is 2.22 bits per heavy atom. The number of aryl methyl sites for hydroxylation is 1. The van der Waals surface area contributed by atoms with Crippen LogP contribution in [0, 0.1) is 0 Å². The standard InChI is InChI=1S/C17H23N5O/c1-3-5-7-9-22-16-12(10-19-22)15(18)14-13(20-16)11-21(17(14)23)8-6-4-2/h4,10H,2-3,5-9,11H2,1H3,(H2,18,20). The maximum Gasteiger partial charge on any atom is 0.258 e. The molecule has 0 aromatic carbocycles. The van der Waals surface area contributed by atoms with Crippen LogP contribution in [0.3, 0.4) is 0 Å². The molecular formula is C17H23N5O. The predicted octanol–water partition coefficient (Wildman–Crippen LogP) is 2.74. The highest BCUT2D eigenvalue weighted by molar-refractivity contribution is 6.08. The number of hydrogen-bond acceptors (Lipinski definition) is 4. The lowest BCUT2D eigenvalue weighted by Gasteiger charge is -2.13. The van der Waals surface area contributed by atoms with E-state index in [4.69, 9.17) is 10.7 Å². The number of anilines is 1. The Morgan fingerprint density at radius 3 is 2.96 bits per heavy atom. The molecule has 0 saturated carbocycles. The molecule has 6 heteroatoms. The summed E-state index contributed by atoms with van der Waals surface area (Å²) in [6, 6.07) is 0. The van der Waals surface area contributed by atoms with Gasteiger partial charge in [0.25, 0.3) is 5.91 Å². The van der Waals surface area contributed by atoms with E-state index in [1.807, 2.05) is 10.8 Å². The van der Waals surface area contributed by atoms with Crippen molar-refractivity contribution in [2.75, 3.05) is 12.3 Å². The minimum atomic E-state index is -0.0347. The Hall–Kier alpha value is -2.37. The number of unbranched alkanes of at least 4 members (excludes halogenated alkanes) is 2. The van der Waals surface area contributed by atoms with Crippen molar-refractivity contribution in [3.8, 4) is 0 Å². The highest BCUT2D eigenvalue weighted by Gasteiger charge is 2.32. The molecular weight excluding hydrogens is 290 g/mol. The molecule has 0 atom stereocenters. The molecule has 1 aliphatic heterocycles. The molecule has 2 N–H and O–H groups in total. The van der Waals surface area contributed by atoms with E-state index < -0.39 is 0 Å². The summed E-state index contributed by atoms with van der Waals surface area (Å²) in [6.07, 6.45) is 7.70. The molecule has 3 heterocycles. The first-order valence-electron chi connectivity index (χ1n) is 8.21. The number of nitrogen functional groups attached to an aromatic ring is 1. The monoisotopic (exact) mass is 313 g/mol. The molecule has 0 bridgehead atoms. The van der Waals surface area contributed by atoms with Crippen LogP contribution in [-0.2, 0) is 13.1 Å². The molecule has 0 saturated heterocycles. The molecule has 0 fully saturated rings. The highest BCUT2D eigenvalue weighted by Crippen LogP contribution is 2.32. The van der Waals surface area contributed by atoms with Gasteiger partial charge in [0.15, 0.2) is 5.65 Å². The van der Waals surface area contributed by atoms with Gasteiger partial charge in [0.2, 0.25) is 0 Å². The van der Waals surface area contributed by atoms with Crippen LogP contribution >= 0.6 is 0 Å². The number of hydrogen-bond donors (Lipinski definition) is 1. The fourth-order valence-corrected chi connectivity index (χ4v) is 3.03. The Bertz CT molecular complexity index is 749. The Labute approximate surface area is 136 Å². The molecule has 6 nitrogen and oxygen atoms in total. The molecule has 1 aliphatic rings. The van der Waals surface area contributed by atoms with Crippen LogP contribution < -0.4 is 5.73 Å². The van der Waals surface area contributed by atoms with E-state index in [0.29, 0.717) is 24.3 Å². The van der Waals surface area contributed by atoms with Crippen molar-refractivity contribution >= 4 is 22.6 Å². The van der Waals surface area contributed by atoms with Gasteiger partial charge in [0.1, 0.15) is 0 Å². The van der Waals surface area contributed by atoms with E-state index >= 15 is 0 Å². The summed E-state index contributed by atoms with van der Waals surface area (Å²) in [5, 5.41) is 5.18. The van der Waals surface area contributed by atoms with Crippen LogP contribution in [-0.4, -0.2) is 32.1 Å². The summed E-state index contributed by atoms with van der Waals surface area (Å²) >= 11 is 0. The number of nitrogens with zero attached hydrogens (tertiary/aromatic N) is 4. The number of nitrogens with two attached hydrogens (primary N) is 1. The highest BCUT2D eigenvalue weighted by atomic mass is 16.2. The molecule has 1 amide bonds. The van der Waals surface area contributed by atoms with E-state index in [1.165, 1.54) is 0 Å². The number of aromatic nitrogens is 3. The molecule has 3 rings (SSSR count).